The average molecular weight is 451 g/mol. The number of piperazine rings is 1. The van der Waals surface area contributed by atoms with Gasteiger partial charge in [0.25, 0.3) is 5.91 Å². The number of anilines is 1. The SMILES string of the molecule is CCC(C)C(NC(=O)c1ccccc1C)C(=O)N1CCN(C(=O)Nc2ccccc2)C(C)C1. The summed E-state index contributed by atoms with van der Waals surface area (Å²) in [5.41, 5.74) is 2.19. The van der Waals surface area contributed by atoms with Gasteiger partial charge in [-0.25, -0.2) is 4.79 Å². The van der Waals surface area contributed by atoms with Crippen LogP contribution in [0.25, 0.3) is 0 Å². The van der Waals surface area contributed by atoms with Gasteiger partial charge < -0.3 is 20.4 Å². The quantitative estimate of drug-likeness (QED) is 0.700. The molecule has 3 atom stereocenters. The number of hydrogen-bond donors (Lipinski definition) is 2. The topological polar surface area (TPSA) is 81.8 Å². The van der Waals surface area contributed by atoms with Crippen molar-refractivity contribution in [3.63, 3.8) is 0 Å². The second-order valence-corrected chi connectivity index (χ2v) is 8.77. The number of amides is 4. The third-order valence-electron chi connectivity index (χ3n) is 6.38. The molecule has 2 N–H and O–H groups in total. The van der Waals surface area contributed by atoms with E-state index in [0.29, 0.717) is 25.2 Å². The first kappa shape index (κ1) is 24.3. The number of carbonyl (C=O) groups is 3. The highest BCUT2D eigenvalue weighted by Gasteiger charge is 2.35. The molecule has 3 rings (SSSR count). The summed E-state index contributed by atoms with van der Waals surface area (Å²) in [6.07, 6.45) is 0.763. The zero-order valence-electron chi connectivity index (χ0n) is 19.9. The van der Waals surface area contributed by atoms with E-state index >= 15 is 0 Å². The van der Waals surface area contributed by atoms with Crippen LogP contribution in [0.2, 0.25) is 0 Å². The van der Waals surface area contributed by atoms with Crippen LogP contribution in [0.4, 0.5) is 10.5 Å². The van der Waals surface area contributed by atoms with Crippen molar-refractivity contribution < 1.29 is 14.4 Å². The van der Waals surface area contributed by atoms with Crippen LogP contribution in [-0.4, -0.2) is 59.4 Å². The van der Waals surface area contributed by atoms with E-state index in [1.807, 2.05) is 76.2 Å². The molecule has 1 saturated heterocycles. The molecule has 7 nitrogen and oxygen atoms in total. The third kappa shape index (κ3) is 5.92. The van der Waals surface area contributed by atoms with Crippen molar-refractivity contribution >= 4 is 23.5 Å². The maximum Gasteiger partial charge on any atom is 0.322 e. The molecule has 0 radical (unpaired) electrons. The number of para-hydroxylation sites is 1. The number of nitrogens with one attached hydrogen (secondary N) is 2. The number of aryl methyl sites for hydroxylation is 1. The van der Waals surface area contributed by atoms with E-state index in [9.17, 15) is 14.4 Å². The molecule has 2 aromatic carbocycles. The highest BCUT2D eigenvalue weighted by Crippen LogP contribution is 2.18. The van der Waals surface area contributed by atoms with Crippen LogP contribution >= 0.6 is 0 Å². The van der Waals surface area contributed by atoms with Gasteiger partial charge in [0.1, 0.15) is 6.04 Å². The van der Waals surface area contributed by atoms with Gasteiger partial charge in [-0.2, -0.15) is 0 Å². The molecule has 3 unspecified atom stereocenters. The largest absolute Gasteiger partial charge is 0.340 e. The molecular formula is C26H34N4O3. The minimum Gasteiger partial charge on any atom is -0.340 e. The molecule has 176 valence electrons. The zero-order chi connectivity index (χ0) is 24.0. The zero-order valence-corrected chi connectivity index (χ0v) is 19.9. The van der Waals surface area contributed by atoms with Gasteiger partial charge in [0.05, 0.1) is 0 Å². The smallest absolute Gasteiger partial charge is 0.322 e. The Morgan fingerprint density at radius 2 is 1.70 bits per heavy atom. The first-order chi connectivity index (χ1) is 15.8. The Bertz CT molecular complexity index is 979. The van der Waals surface area contributed by atoms with Crippen molar-refractivity contribution in [2.24, 2.45) is 5.92 Å². The van der Waals surface area contributed by atoms with Crippen molar-refractivity contribution in [1.29, 1.82) is 0 Å². The summed E-state index contributed by atoms with van der Waals surface area (Å²) in [7, 11) is 0. The summed E-state index contributed by atoms with van der Waals surface area (Å²) in [6.45, 7) is 9.11. The lowest BCUT2D eigenvalue weighted by Crippen LogP contribution is -2.60. The molecule has 1 fully saturated rings. The predicted molar refractivity (Wildman–Crippen MR) is 130 cm³/mol. The minimum atomic E-state index is -0.612. The van der Waals surface area contributed by atoms with Gasteiger partial charge >= 0.3 is 6.03 Å². The molecule has 0 saturated carbocycles. The normalized spacial score (nSPS) is 17.8. The standard InChI is InChI=1S/C26H34N4O3/c1-5-18(2)23(28-24(31)22-14-10-9-11-19(22)3)25(32)29-15-16-30(20(4)17-29)26(33)27-21-12-7-6-8-13-21/h6-14,18,20,23H,5,15-17H2,1-4H3,(H,27,33)(H,28,31). The summed E-state index contributed by atoms with van der Waals surface area (Å²) >= 11 is 0. The Hall–Kier alpha value is -3.35. The molecule has 0 aromatic heterocycles. The van der Waals surface area contributed by atoms with Gasteiger partial charge in [-0.15, -0.1) is 0 Å². The van der Waals surface area contributed by atoms with Crippen LogP contribution in [0.3, 0.4) is 0 Å². The van der Waals surface area contributed by atoms with Crippen molar-refractivity contribution in [2.75, 3.05) is 25.0 Å². The van der Waals surface area contributed by atoms with Crippen LogP contribution in [0.15, 0.2) is 54.6 Å². The monoisotopic (exact) mass is 450 g/mol. The molecule has 1 aliphatic heterocycles. The molecule has 0 bridgehead atoms. The first-order valence-electron chi connectivity index (χ1n) is 11.6. The van der Waals surface area contributed by atoms with E-state index < -0.39 is 6.04 Å². The molecular weight excluding hydrogens is 416 g/mol. The first-order valence-corrected chi connectivity index (χ1v) is 11.6. The fraction of sp³-hybridized carbons (Fsp3) is 0.423. The van der Waals surface area contributed by atoms with E-state index in [-0.39, 0.29) is 29.8 Å². The van der Waals surface area contributed by atoms with Crippen molar-refractivity contribution in [2.45, 2.75) is 46.2 Å². The lowest BCUT2D eigenvalue weighted by molar-refractivity contribution is -0.136. The van der Waals surface area contributed by atoms with Crippen molar-refractivity contribution in [3.05, 3.63) is 65.7 Å². The molecule has 0 spiro atoms. The minimum absolute atomic E-state index is 0.0137. The van der Waals surface area contributed by atoms with E-state index in [1.165, 1.54) is 0 Å². The molecule has 1 heterocycles. The summed E-state index contributed by atoms with van der Waals surface area (Å²) in [4.78, 5) is 42.6. The fourth-order valence-corrected chi connectivity index (χ4v) is 4.10. The number of benzene rings is 2. The van der Waals surface area contributed by atoms with Crippen LogP contribution < -0.4 is 10.6 Å². The van der Waals surface area contributed by atoms with Gasteiger partial charge in [-0.05, 0) is 43.5 Å². The maximum absolute atomic E-state index is 13.5. The maximum atomic E-state index is 13.5. The summed E-state index contributed by atoms with van der Waals surface area (Å²) in [5, 5.41) is 5.89. The molecule has 1 aliphatic rings. The molecule has 0 aliphatic carbocycles. The summed E-state index contributed by atoms with van der Waals surface area (Å²) in [5.74, 6) is -0.345. The summed E-state index contributed by atoms with van der Waals surface area (Å²) in [6, 6.07) is 15.8. The average Bonchev–Trinajstić information content (AvgIpc) is 2.82. The van der Waals surface area contributed by atoms with Crippen LogP contribution in [0.1, 0.15) is 43.1 Å². The van der Waals surface area contributed by atoms with Crippen LogP contribution in [-0.2, 0) is 4.79 Å². The number of rotatable bonds is 6. The Morgan fingerprint density at radius 3 is 2.33 bits per heavy atom. The van der Waals surface area contributed by atoms with Crippen molar-refractivity contribution in [3.8, 4) is 0 Å². The van der Waals surface area contributed by atoms with E-state index in [0.717, 1.165) is 17.7 Å². The van der Waals surface area contributed by atoms with Crippen LogP contribution in [0, 0.1) is 12.8 Å². The van der Waals surface area contributed by atoms with Gasteiger partial charge in [0, 0.05) is 36.9 Å². The molecule has 33 heavy (non-hydrogen) atoms. The molecule has 4 amide bonds. The van der Waals surface area contributed by atoms with E-state index in [2.05, 4.69) is 10.6 Å². The Morgan fingerprint density at radius 1 is 1.03 bits per heavy atom. The van der Waals surface area contributed by atoms with Gasteiger partial charge in [-0.3, -0.25) is 9.59 Å². The van der Waals surface area contributed by atoms with Crippen molar-refractivity contribution in [1.82, 2.24) is 15.1 Å². The highest BCUT2D eigenvalue weighted by atomic mass is 16.2. The number of nitrogens with zero attached hydrogens (tertiary/aromatic N) is 2. The van der Waals surface area contributed by atoms with Gasteiger partial charge in [0.15, 0.2) is 0 Å². The van der Waals surface area contributed by atoms with Crippen LogP contribution in [0.5, 0.6) is 0 Å². The predicted octanol–water partition coefficient (Wildman–Crippen LogP) is 3.90. The number of urea groups is 1. The fourth-order valence-electron chi connectivity index (χ4n) is 4.10. The number of carbonyl (C=O) groups excluding carboxylic acids is 3. The van der Waals surface area contributed by atoms with E-state index in [4.69, 9.17) is 0 Å². The van der Waals surface area contributed by atoms with Gasteiger partial charge in [0.2, 0.25) is 5.91 Å². The Labute approximate surface area is 196 Å². The third-order valence-corrected chi connectivity index (χ3v) is 6.38. The molecule has 2 aromatic rings. The highest BCUT2D eigenvalue weighted by molar-refractivity contribution is 5.98. The second-order valence-electron chi connectivity index (χ2n) is 8.77. The Kier molecular flexibility index (Phi) is 8.09. The second kappa shape index (κ2) is 11.0. The van der Waals surface area contributed by atoms with E-state index in [1.54, 1.807) is 15.9 Å². The number of hydrogen-bond acceptors (Lipinski definition) is 3. The lowest BCUT2D eigenvalue weighted by Gasteiger charge is -2.41. The van der Waals surface area contributed by atoms with Gasteiger partial charge in [-0.1, -0.05) is 56.7 Å². The Balaban J connectivity index is 1.66. The lowest BCUT2D eigenvalue weighted by atomic mass is 9.96. The molecule has 7 heteroatoms. The summed E-state index contributed by atoms with van der Waals surface area (Å²) < 4.78 is 0.